The second kappa shape index (κ2) is 5.25. The summed E-state index contributed by atoms with van der Waals surface area (Å²) < 4.78 is 2.74. The molecule has 0 saturated carbocycles. The van der Waals surface area contributed by atoms with E-state index in [4.69, 9.17) is 11.6 Å². The largest absolute Gasteiger partial charge is 0.351 e. The van der Waals surface area contributed by atoms with Crippen LogP contribution in [0.1, 0.15) is 0 Å². The predicted molar refractivity (Wildman–Crippen MR) is 84.2 cm³/mol. The molecular formula is C13H13ClN6S. The molecule has 4 rings (SSSR count). The molecule has 1 aliphatic heterocycles. The van der Waals surface area contributed by atoms with Crippen LogP contribution in [-0.2, 0) is 0 Å². The summed E-state index contributed by atoms with van der Waals surface area (Å²) in [6.07, 6.45) is 3.60. The van der Waals surface area contributed by atoms with Gasteiger partial charge in [0.15, 0.2) is 5.82 Å². The highest BCUT2D eigenvalue weighted by atomic mass is 35.5. The minimum absolute atomic E-state index is 0.761. The van der Waals surface area contributed by atoms with E-state index in [-0.39, 0.29) is 0 Å². The molecule has 0 radical (unpaired) electrons. The lowest BCUT2D eigenvalue weighted by molar-refractivity contribution is 0.585. The van der Waals surface area contributed by atoms with Crippen LogP contribution < -0.4 is 10.2 Å². The first-order chi connectivity index (χ1) is 10.3. The number of nitrogens with zero attached hydrogens (tertiary/aromatic N) is 5. The Labute approximate surface area is 130 Å². The summed E-state index contributed by atoms with van der Waals surface area (Å²) >= 11 is 7.56. The summed E-state index contributed by atoms with van der Waals surface area (Å²) in [7, 11) is 0. The summed E-state index contributed by atoms with van der Waals surface area (Å²) in [5.41, 5.74) is 1.75. The molecule has 0 bridgehead atoms. The van der Waals surface area contributed by atoms with Crippen LogP contribution in [0.5, 0.6) is 0 Å². The molecular weight excluding hydrogens is 308 g/mol. The number of rotatable bonds is 2. The number of nitrogens with one attached hydrogen (secondary N) is 1. The van der Waals surface area contributed by atoms with Crippen molar-refractivity contribution < 1.29 is 0 Å². The lowest BCUT2D eigenvalue weighted by Crippen LogP contribution is -2.44. The fourth-order valence-electron chi connectivity index (χ4n) is 2.54. The molecule has 0 aromatic carbocycles. The van der Waals surface area contributed by atoms with Crippen molar-refractivity contribution in [3.05, 3.63) is 29.0 Å². The van der Waals surface area contributed by atoms with E-state index in [9.17, 15) is 0 Å². The van der Waals surface area contributed by atoms with Gasteiger partial charge in [0.05, 0.1) is 21.1 Å². The minimum atomic E-state index is 0.761. The van der Waals surface area contributed by atoms with Gasteiger partial charge in [0.1, 0.15) is 6.33 Å². The standard InChI is InChI=1S/C13H13ClN6S/c14-11-2-1-10(21-11)9-7-16-12(13-18-17-8-20(9)13)19-5-3-15-4-6-19/h1-2,7-8,15H,3-6H2. The number of fused-ring (bicyclic) bond motifs is 1. The van der Waals surface area contributed by atoms with Crippen molar-refractivity contribution in [1.29, 1.82) is 0 Å². The summed E-state index contributed by atoms with van der Waals surface area (Å²) in [4.78, 5) is 7.93. The van der Waals surface area contributed by atoms with Gasteiger partial charge < -0.3 is 10.2 Å². The van der Waals surface area contributed by atoms with Gasteiger partial charge in [-0.05, 0) is 12.1 Å². The summed E-state index contributed by atoms with van der Waals surface area (Å²) in [6, 6.07) is 3.88. The molecule has 0 unspecified atom stereocenters. The molecule has 0 aliphatic carbocycles. The fourth-order valence-corrected chi connectivity index (χ4v) is 3.59. The number of hydrogen-bond acceptors (Lipinski definition) is 6. The van der Waals surface area contributed by atoms with Crippen LogP contribution in [0.3, 0.4) is 0 Å². The van der Waals surface area contributed by atoms with Crippen molar-refractivity contribution in [2.75, 3.05) is 31.1 Å². The molecule has 0 spiro atoms. The predicted octanol–water partition coefficient (Wildman–Crippen LogP) is 1.92. The number of halogens is 1. The first kappa shape index (κ1) is 13.0. The molecule has 0 atom stereocenters. The van der Waals surface area contributed by atoms with E-state index in [0.29, 0.717) is 0 Å². The molecule has 4 heterocycles. The SMILES string of the molecule is Clc1ccc(-c2cnc(N3CCNCC3)c3nncn23)s1. The summed E-state index contributed by atoms with van der Waals surface area (Å²) in [6.45, 7) is 3.79. The average Bonchev–Trinajstić information content (AvgIpc) is 3.16. The maximum Gasteiger partial charge on any atom is 0.204 e. The smallest absolute Gasteiger partial charge is 0.204 e. The van der Waals surface area contributed by atoms with Gasteiger partial charge in [-0.25, -0.2) is 4.98 Å². The van der Waals surface area contributed by atoms with Gasteiger partial charge in [-0.3, -0.25) is 4.40 Å². The molecule has 21 heavy (non-hydrogen) atoms. The van der Waals surface area contributed by atoms with Gasteiger partial charge in [0.2, 0.25) is 5.65 Å². The van der Waals surface area contributed by atoms with Crippen molar-refractivity contribution in [1.82, 2.24) is 24.9 Å². The molecule has 6 nitrogen and oxygen atoms in total. The van der Waals surface area contributed by atoms with Crippen LogP contribution in [-0.4, -0.2) is 45.8 Å². The van der Waals surface area contributed by atoms with Crippen molar-refractivity contribution >= 4 is 34.4 Å². The Hall–Kier alpha value is -1.70. The zero-order valence-electron chi connectivity index (χ0n) is 11.2. The molecule has 8 heteroatoms. The van der Waals surface area contributed by atoms with Crippen molar-refractivity contribution in [2.45, 2.75) is 0 Å². The lowest BCUT2D eigenvalue weighted by atomic mass is 10.3. The second-order valence-corrected chi connectivity index (χ2v) is 6.55. The Kier molecular flexibility index (Phi) is 3.25. The first-order valence-electron chi connectivity index (χ1n) is 6.73. The van der Waals surface area contributed by atoms with Gasteiger partial charge >= 0.3 is 0 Å². The third kappa shape index (κ3) is 2.27. The molecule has 1 saturated heterocycles. The molecule has 1 aliphatic rings. The van der Waals surface area contributed by atoms with Gasteiger partial charge in [-0.15, -0.1) is 21.5 Å². The van der Waals surface area contributed by atoms with Crippen LogP contribution >= 0.6 is 22.9 Å². The van der Waals surface area contributed by atoms with Gasteiger partial charge in [-0.2, -0.15) is 0 Å². The average molecular weight is 321 g/mol. The molecule has 3 aromatic rings. The first-order valence-corrected chi connectivity index (χ1v) is 7.92. The second-order valence-electron chi connectivity index (χ2n) is 4.83. The van der Waals surface area contributed by atoms with E-state index in [1.54, 1.807) is 6.33 Å². The Bertz CT molecular complexity index is 776. The van der Waals surface area contributed by atoms with Crippen molar-refractivity contribution in [3.8, 4) is 10.6 Å². The Morgan fingerprint density at radius 1 is 1.24 bits per heavy atom. The highest BCUT2D eigenvalue weighted by Gasteiger charge is 2.18. The van der Waals surface area contributed by atoms with Crippen molar-refractivity contribution in [3.63, 3.8) is 0 Å². The third-order valence-electron chi connectivity index (χ3n) is 3.56. The Morgan fingerprint density at radius 2 is 2.10 bits per heavy atom. The zero-order valence-corrected chi connectivity index (χ0v) is 12.7. The normalized spacial score (nSPS) is 15.8. The van der Waals surface area contributed by atoms with Crippen molar-refractivity contribution in [2.24, 2.45) is 0 Å². The molecule has 3 aromatic heterocycles. The maximum atomic E-state index is 6.03. The fraction of sp³-hybridized carbons (Fsp3) is 0.308. The van der Waals surface area contributed by atoms with Crippen LogP contribution in [0.25, 0.3) is 16.2 Å². The molecule has 1 N–H and O–H groups in total. The van der Waals surface area contributed by atoms with E-state index in [0.717, 1.165) is 52.6 Å². The quantitative estimate of drug-likeness (QED) is 0.781. The highest BCUT2D eigenvalue weighted by molar-refractivity contribution is 7.19. The topological polar surface area (TPSA) is 58.4 Å². The number of hydrogen-bond donors (Lipinski definition) is 1. The molecule has 1 fully saturated rings. The zero-order chi connectivity index (χ0) is 14.2. The Morgan fingerprint density at radius 3 is 2.86 bits per heavy atom. The molecule has 108 valence electrons. The van der Waals surface area contributed by atoms with Crippen LogP contribution in [0.4, 0.5) is 5.82 Å². The monoisotopic (exact) mass is 320 g/mol. The number of thiophene rings is 1. The number of aromatic nitrogens is 4. The van der Waals surface area contributed by atoms with Gasteiger partial charge in [0, 0.05) is 26.2 Å². The Balaban J connectivity index is 1.83. The number of anilines is 1. The molecule has 0 amide bonds. The van der Waals surface area contributed by atoms with Crippen LogP contribution in [0.2, 0.25) is 4.34 Å². The minimum Gasteiger partial charge on any atom is -0.351 e. The third-order valence-corrected chi connectivity index (χ3v) is 4.81. The maximum absolute atomic E-state index is 6.03. The van der Waals surface area contributed by atoms with E-state index >= 15 is 0 Å². The van der Waals surface area contributed by atoms with Gasteiger partial charge in [-0.1, -0.05) is 11.6 Å². The van der Waals surface area contributed by atoms with E-state index < -0.39 is 0 Å². The van der Waals surface area contributed by atoms with Crippen LogP contribution in [0, 0.1) is 0 Å². The van der Waals surface area contributed by atoms with E-state index in [1.165, 1.54) is 11.3 Å². The number of piperazine rings is 1. The summed E-state index contributed by atoms with van der Waals surface area (Å²) in [5, 5.41) is 11.6. The van der Waals surface area contributed by atoms with E-state index in [1.807, 2.05) is 22.7 Å². The van der Waals surface area contributed by atoms with Gasteiger partial charge in [0.25, 0.3) is 0 Å². The summed E-state index contributed by atoms with van der Waals surface area (Å²) in [5.74, 6) is 0.889. The highest BCUT2D eigenvalue weighted by Crippen LogP contribution is 2.32. The van der Waals surface area contributed by atoms with Crippen LogP contribution in [0.15, 0.2) is 24.7 Å². The lowest BCUT2D eigenvalue weighted by Gasteiger charge is -2.28. The van der Waals surface area contributed by atoms with E-state index in [2.05, 4.69) is 25.4 Å².